The molecule has 2 N–H and O–H groups in total. The first-order valence-corrected chi connectivity index (χ1v) is 6.29. The number of nitrogens with one attached hydrogen (secondary N) is 1. The quantitative estimate of drug-likeness (QED) is 0.750. The second kappa shape index (κ2) is 7.09. The van der Waals surface area contributed by atoms with Crippen LogP contribution in [0.4, 0.5) is 5.69 Å². The third-order valence-electron chi connectivity index (χ3n) is 2.02. The van der Waals surface area contributed by atoms with Crippen LogP contribution in [0.2, 0.25) is 0 Å². The fourth-order valence-corrected chi connectivity index (χ4v) is 2.06. The number of benzene rings is 1. The van der Waals surface area contributed by atoms with Gasteiger partial charge >= 0.3 is 0 Å². The van der Waals surface area contributed by atoms with Gasteiger partial charge in [-0.3, -0.25) is 9.59 Å². The van der Waals surface area contributed by atoms with Crippen molar-refractivity contribution in [1.29, 1.82) is 0 Å². The molecule has 0 heterocycles. The lowest BCUT2D eigenvalue weighted by Crippen LogP contribution is -2.31. The van der Waals surface area contributed by atoms with Crippen LogP contribution in [0.25, 0.3) is 0 Å². The van der Waals surface area contributed by atoms with Crippen LogP contribution in [-0.4, -0.2) is 34.4 Å². The summed E-state index contributed by atoms with van der Waals surface area (Å²) in [4.78, 5) is 23.1. The number of hydrogen-bond donors (Lipinski definition) is 2. The normalized spacial score (nSPS) is 11.9. The number of thioether (sulfide) groups is 1. The molecule has 0 aliphatic carbocycles. The summed E-state index contributed by atoms with van der Waals surface area (Å²) in [6.45, 7) is 1.33. The molecule has 0 spiro atoms. The van der Waals surface area contributed by atoms with E-state index in [0.29, 0.717) is 11.4 Å². The SMILES string of the molecule is CC(=O)C(SCCO)C(=O)Nc1ccccc1. The first-order chi connectivity index (χ1) is 8.15. The van der Waals surface area contributed by atoms with E-state index in [0.717, 1.165) is 11.8 Å². The Morgan fingerprint density at radius 1 is 1.35 bits per heavy atom. The highest BCUT2D eigenvalue weighted by atomic mass is 32.2. The molecule has 92 valence electrons. The van der Waals surface area contributed by atoms with Crippen LogP contribution >= 0.6 is 11.8 Å². The largest absolute Gasteiger partial charge is 0.396 e. The molecule has 4 nitrogen and oxygen atoms in total. The number of aliphatic hydroxyl groups is 1. The molecule has 0 radical (unpaired) electrons. The molecular weight excluding hydrogens is 238 g/mol. The maximum atomic E-state index is 11.8. The Bertz CT molecular complexity index is 381. The Kier molecular flexibility index (Phi) is 5.72. The molecule has 0 aliphatic heterocycles. The van der Waals surface area contributed by atoms with E-state index in [-0.39, 0.29) is 18.3 Å². The van der Waals surface area contributed by atoms with Crippen LogP contribution in [0, 0.1) is 0 Å². The minimum Gasteiger partial charge on any atom is -0.396 e. The van der Waals surface area contributed by atoms with E-state index in [9.17, 15) is 9.59 Å². The number of anilines is 1. The van der Waals surface area contributed by atoms with Crippen molar-refractivity contribution in [3.8, 4) is 0 Å². The zero-order valence-corrected chi connectivity index (χ0v) is 10.4. The second-order valence-electron chi connectivity index (χ2n) is 3.44. The minimum atomic E-state index is -0.762. The summed E-state index contributed by atoms with van der Waals surface area (Å²) in [5.74, 6) is -0.189. The molecular formula is C12H15NO3S. The van der Waals surface area contributed by atoms with E-state index in [4.69, 9.17) is 5.11 Å². The number of carbonyl (C=O) groups excluding carboxylic acids is 2. The van der Waals surface area contributed by atoms with E-state index in [1.165, 1.54) is 6.92 Å². The van der Waals surface area contributed by atoms with E-state index in [2.05, 4.69) is 5.32 Å². The number of aliphatic hydroxyl groups excluding tert-OH is 1. The van der Waals surface area contributed by atoms with Gasteiger partial charge in [0.25, 0.3) is 0 Å². The fourth-order valence-electron chi connectivity index (χ4n) is 1.28. The van der Waals surface area contributed by atoms with Gasteiger partial charge in [0.2, 0.25) is 5.91 Å². The zero-order chi connectivity index (χ0) is 12.7. The highest BCUT2D eigenvalue weighted by Gasteiger charge is 2.23. The number of hydrogen-bond acceptors (Lipinski definition) is 4. The third kappa shape index (κ3) is 4.58. The van der Waals surface area contributed by atoms with Crippen molar-refractivity contribution in [2.24, 2.45) is 0 Å². The molecule has 1 aromatic carbocycles. The molecule has 1 amide bonds. The molecule has 1 rings (SSSR count). The molecule has 0 bridgehead atoms. The molecule has 5 heteroatoms. The lowest BCUT2D eigenvalue weighted by molar-refractivity contribution is -0.123. The number of Topliss-reactive ketones (excluding diaryl/α,β-unsaturated/α-hetero) is 1. The predicted octanol–water partition coefficient (Wildman–Crippen LogP) is 1.31. The van der Waals surface area contributed by atoms with Crippen LogP contribution in [0.1, 0.15) is 6.92 Å². The number of carbonyl (C=O) groups is 2. The average Bonchev–Trinajstić information content (AvgIpc) is 2.30. The molecule has 17 heavy (non-hydrogen) atoms. The number of ketones is 1. The van der Waals surface area contributed by atoms with Gasteiger partial charge in [0.1, 0.15) is 5.25 Å². The second-order valence-corrected chi connectivity index (χ2v) is 4.65. The standard InChI is InChI=1S/C12H15NO3S/c1-9(15)11(17-8-7-14)12(16)13-10-5-3-2-4-6-10/h2-6,11,14H,7-8H2,1H3,(H,13,16). The summed E-state index contributed by atoms with van der Waals surface area (Å²) >= 11 is 1.15. The van der Waals surface area contributed by atoms with Crippen molar-refractivity contribution in [2.45, 2.75) is 12.2 Å². The lowest BCUT2D eigenvalue weighted by Gasteiger charge is -2.13. The molecule has 0 aromatic heterocycles. The van der Waals surface area contributed by atoms with Crippen LogP contribution in [-0.2, 0) is 9.59 Å². The summed E-state index contributed by atoms with van der Waals surface area (Å²) in [7, 11) is 0. The molecule has 0 saturated heterocycles. The molecule has 1 aromatic rings. The average molecular weight is 253 g/mol. The van der Waals surface area contributed by atoms with E-state index >= 15 is 0 Å². The Hall–Kier alpha value is -1.33. The van der Waals surface area contributed by atoms with Crippen LogP contribution in [0.3, 0.4) is 0 Å². The number of amides is 1. The van der Waals surface area contributed by atoms with E-state index < -0.39 is 5.25 Å². The van der Waals surface area contributed by atoms with Gasteiger partial charge in [-0.05, 0) is 19.1 Å². The molecule has 0 saturated carbocycles. The van der Waals surface area contributed by atoms with Gasteiger partial charge in [0, 0.05) is 11.4 Å². The maximum absolute atomic E-state index is 11.8. The van der Waals surface area contributed by atoms with Crippen molar-refractivity contribution in [3.05, 3.63) is 30.3 Å². The molecule has 1 unspecified atom stereocenters. The van der Waals surface area contributed by atoms with Crippen LogP contribution < -0.4 is 5.32 Å². The number of rotatable bonds is 6. The van der Waals surface area contributed by atoms with Crippen molar-refractivity contribution >= 4 is 29.1 Å². The smallest absolute Gasteiger partial charge is 0.245 e. The zero-order valence-electron chi connectivity index (χ0n) is 9.55. The summed E-state index contributed by atoms with van der Waals surface area (Å²) < 4.78 is 0. The Labute approximate surface area is 104 Å². The summed E-state index contributed by atoms with van der Waals surface area (Å²) in [5.41, 5.74) is 0.661. The van der Waals surface area contributed by atoms with Gasteiger partial charge in [-0.25, -0.2) is 0 Å². The van der Waals surface area contributed by atoms with E-state index in [1.807, 2.05) is 6.07 Å². The topological polar surface area (TPSA) is 66.4 Å². The molecule has 0 fully saturated rings. The highest BCUT2D eigenvalue weighted by molar-refractivity contribution is 8.01. The van der Waals surface area contributed by atoms with Gasteiger partial charge < -0.3 is 10.4 Å². The molecule has 1 atom stereocenters. The first kappa shape index (κ1) is 13.7. The van der Waals surface area contributed by atoms with Crippen LogP contribution in [0.5, 0.6) is 0 Å². The van der Waals surface area contributed by atoms with E-state index in [1.54, 1.807) is 24.3 Å². The fraction of sp³-hybridized carbons (Fsp3) is 0.333. The Morgan fingerprint density at radius 2 is 2.00 bits per heavy atom. The Balaban J connectivity index is 2.62. The summed E-state index contributed by atoms with van der Waals surface area (Å²) in [6, 6.07) is 8.97. The molecule has 0 aliphatic rings. The van der Waals surface area contributed by atoms with Gasteiger partial charge in [-0.1, -0.05) is 18.2 Å². The van der Waals surface area contributed by atoms with Gasteiger partial charge in [0.15, 0.2) is 5.78 Å². The number of para-hydroxylation sites is 1. The van der Waals surface area contributed by atoms with Crippen molar-refractivity contribution in [2.75, 3.05) is 17.7 Å². The van der Waals surface area contributed by atoms with Crippen LogP contribution in [0.15, 0.2) is 30.3 Å². The lowest BCUT2D eigenvalue weighted by atomic mass is 10.2. The van der Waals surface area contributed by atoms with Gasteiger partial charge in [0.05, 0.1) is 6.61 Å². The summed E-state index contributed by atoms with van der Waals surface area (Å²) in [5, 5.41) is 10.6. The first-order valence-electron chi connectivity index (χ1n) is 5.24. The maximum Gasteiger partial charge on any atom is 0.245 e. The highest BCUT2D eigenvalue weighted by Crippen LogP contribution is 2.15. The monoisotopic (exact) mass is 253 g/mol. The predicted molar refractivity (Wildman–Crippen MR) is 69.1 cm³/mol. The minimum absolute atomic E-state index is 0.0485. The van der Waals surface area contributed by atoms with Crippen molar-refractivity contribution in [3.63, 3.8) is 0 Å². The van der Waals surface area contributed by atoms with Gasteiger partial charge in [-0.15, -0.1) is 11.8 Å². The van der Waals surface area contributed by atoms with Crippen molar-refractivity contribution < 1.29 is 14.7 Å². The summed E-state index contributed by atoms with van der Waals surface area (Å²) in [6.07, 6.45) is 0. The van der Waals surface area contributed by atoms with Gasteiger partial charge in [-0.2, -0.15) is 0 Å². The van der Waals surface area contributed by atoms with Crippen molar-refractivity contribution in [1.82, 2.24) is 0 Å². The Morgan fingerprint density at radius 3 is 2.53 bits per heavy atom. The third-order valence-corrected chi connectivity index (χ3v) is 3.32.